The van der Waals surface area contributed by atoms with Crippen LogP contribution in [0.1, 0.15) is 48.9 Å². The molecule has 2 saturated heterocycles. The van der Waals surface area contributed by atoms with Crippen LogP contribution in [0.5, 0.6) is 0 Å². The molecule has 27 heavy (non-hydrogen) atoms. The molecule has 1 aromatic carbocycles. The maximum absolute atomic E-state index is 12.5. The molecular formula is C19H27ClN4O3. The van der Waals surface area contributed by atoms with Crippen LogP contribution in [0.25, 0.3) is 0 Å². The summed E-state index contributed by atoms with van der Waals surface area (Å²) in [5.41, 5.74) is 5.95. The minimum atomic E-state index is -0.470. The number of para-hydroxylation sites is 1. The third kappa shape index (κ3) is 5.94. The monoisotopic (exact) mass is 394 g/mol. The number of hydrogen-bond donors (Lipinski definition) is 4. The third-order valence-corrected chi connectivity index (χ3v) is 5.15. The van der Waals surface area contributed by atoms with Crippen molar-refractivity contribution >= 4 is 35.8 Å². The van der Waals surface area contributed by atoms with Crippen molar-refractivity contribution in [2.24, 2.45) is 11.7 Å². The fourth-order valence-corrected chi connectivity index (χ4v) is 3.99. The van der Waals surface area contributed by atoms with Gasteiger partial charge in [-0.2, -0.15) is 0 Å². The van der Waals surface area contributed by atoms with Crippen LogP contribution >= 0.6 is 12.4 Å². The maximum atomic E-state index is 12.5. The SMILES string of the molecule is Cl.NC(=O)CCNC(=O)c1ccccc1NC(=O)CC1CC2CCC(C1)N2. The normalized spacial score (nSPS) is 23.2. The van der Waals surface area contributed by atoms with Gasteiger partial charge in [0, 0.05) is 31.5 Å². The van der Waals surface area contributed by atoms with Crippen LogP contribution in [0.3, 0.4) is 0 Å². The van der Waals surface area contributed by atoms with Gasteiger partial charge < -0.3 is 21.7 Å². The molecule has 0 saturated carbocycles. The molecular weight excluding hydrogens is 368 g/mol. The summed E-state index contributed by atoms with van der Waals surface area (Å²) in [6.07, 6.45) is 5.05. The Morgan fingerprint density at radius 3 is 2.44 bits per heavy atom. The number of primary amides is 1. The Kier molecular flexibility index (Phi) is 7.62. The van der Waals surface area contributed by atoms with E-state index >= 15 is 0 Å². The van der Waals surface area contributed by atoms with Gasteiger partial charge in [0.15, 0.2) is 0 Å². The van der Waals surface area contributed by atoms with E-state index in [9.17, 15) is 14.4 Å². The molecule has 0 aromatic heterocycles. The predicted molar refractivity (Wildman–Crippen MR) is 106 cm³/mol. The number of benzene rings is 1. The highest BCUT2D eigenvalue weighted by molar-refractivity contribution is 6.03. The number of hydrogen-bond acceptors (Lipinski definition) is 4. The van der Waals surface area contributed by atoms with Gasteiger partial charge in [0.25, 0.3) is 5.91 Å². The van der Waals surface area contributed by atoms with Gasteiger partial charge in [-0.25, -0.2) is 0 Å². The van der Waals surface area contributed by atoms with Gasteiger partial charge in [-0.15, -0.1) is 12.4 Å². The summed E-state index contributed by atoms with van der Waals surface area (Å²) in [4.78, 5) is 35.5. The molecule has 0 spiro atoms. The number of amides is 3. The number of halogens is 1. The van der Waals surface area contributed by atoms with Crippen LogP contribution in [0.2, 0.25) is 0 Å². The van der Waals surface area contributed by atoms with E-state index in [2.05, 4.69) is 16.0 Å². The molecule has 0 aliphatic carbocycles. The fourth-order valence-electron chi connectivity index (χ4n) is 3.99. The van der Waals surface area contributed by atoms with Crippen molar-refractivity contribution in [1.29, 1.82) is 0 Å². The topological polar surface area (TPSA) is 113 Å². The molecule has 2 heterocycles. The summed E-state index contributed by atoms with van der Waals surface area (Å²) < 4.78 is 0. The molecule has 8 heteroatoms. The van der Waals surface area contributed by atoms with Gasteiger partial charge in [-0.1, -0.05) is 12.1 Å². The summed E-state index contributed by atoms with van der Waals surface area (Å²) in [7, 11) is 0. The van der Waals surface area contributed by atoms with E-state index < -0.39 is 5.91 Å². The van der Waals surface area contributed by atoms with E-state index in [-0.39, 0.29) is 37.2 Å². The standard InChI is InChI=1S/C19H26N4O3.ClH/c20-17(24)7-8-21-19(26)15-3-1-2-4-16(15)23-18(25)11-12-9-13-5-6-14(10-12)22-13;/h1-4,12-14,22H,5-11H2,(H2,20,24)(H,21,26)(H,23,25);1H. The lowest BCUT2D eigenvalue weighted by Gasteiger charge is -2.28. The van der Waals surface area contributed by atoms with E-state index in [1.165, 1.54) is 12.8 Å². The van der Waals surface area contributed by atoms with E-state index in [1.54, 1.807) is 24.3 Å². The zero-order chi connectivity index (χ0) is 18.5. The molecule has 1 aromatic rings. The first kappa shape index (κ1) is 21.2. The van der Waals surface area contributed by atoms with Gasteiger partial charge in [0.1, 0.15) is 0 Å². The number of rotatable bonds is 7. The average molecular weight is 395 g/mol. The molecule has 2 aliphatic rings. The first-order valence-electron chi connectivity index (χ1n) is 9.22. The third-order valence-electron chi connectivity index (χ3n) is 5.15. The number of nitrogens with two attached hydrogens (primary N) is 1. The fraction of sp³-hybridized carbons (Fsp3) is 0.526. The quantitative estimate of drug-likeness (QED) is 0.562. The largest absolute Gasteiger partial charge is 0.370 e. The van der Waals surface area contributed by atoms with Crippen molar-refractivity contribution in [3.8, 4) is 0 Å². The van der Waals surface area contributed by atoms with Crippen molar-refractivity contribution in [2.45, 2.75) is 50.6 Å². The molecule has 3 rings (SSSR count). The summed E-state index contributed by atoms with van der Waals surface area (Å²) >= 11 is 0. The van der Waals surface area contributed by atoms with E-state index in [0.717, 1.165) is 12.8 Å². The van der Waals surface area contributed by atoms with Gasteiger partial charge in [0.05, 0.1) is 11.3 Å². The minimum absolute atomic E-state index is 0. The number of anilines is 1. The second-order valence-electron chi connectivity index (χ2n) is 7.25. The predicted octanol–water partition coefficient (Wildman–Crippen LogP) is 1.57. The highest BCUT2D eigenvalue weighted by Gasteiger charge is 2.34. The van der Waals surface area contributed by atoms with E-state index in [0.29, 0.717) is 35.7 Å². The second-order valence-corrected chi connectivity index (χ2v) is 7.25. The van der Waals surface area contributed by atoms with Crippen LogP contribution in [0, 0.1) is 5.92 Å². The van der Waals surface area contributed by atoms with Crippen LogP contribution in [-0.2, 0) is 9.59 Å². The molecule has 7 nitrogen and oxygen atoms in total. The molecule has 2 aliphatic heterocycles. The molecule has 5 N–H and O–H groups in total. The van der Waals surface area contributed by atoms with Gasteiger partial charge >= 0.3 is 0 Å². The Bertz CT molecular complexity index is 685. The molecule has 2 bridgehead atoms. The summed E-state index contributed by atoms with van der Waals surface area (Å²) in [6.45, 7) is 0.175. The maximum Gasteiger partial charge on any atom is 0.253 e. The molecule has 2 atom stereocenters. The molecule has 0 radical (unpaired) electrons. The number of fused-ring (bicyclic) bond motifs is 2. The van der Waals surface area contributed by atoms with Crippen LogP contribution < -0.4 is 21.7 Å². The van der Waals surface area contributed by atoms with Crippen molar-refractivity contribution in [3.63, 3.8) is 0 Å². The van der Waals surface area contributed by atoms with Gasteiger partial charge in [-0.05, 0) is 43.7 Å². The Morgan fingerprint density at radius 1 is 1.11 bits per heavy atom. The zero-order valence-electron chi connectivity index (χ0n) is 15.2. The number of carbonyl (C=O) groups is 3. The Hall–Kier alpha value is -2.12. The summed E-state index contributed by atoms with van der Waals surface area (Å²) in [5, 5.41) is 9.10. The zero-order valence-corrected chi connectivity index (χ0v) is 16.0. The summed E-state index contributed by atoms with van der Waals surface area (Å²) in [5.74, 6) is -0.469. The first-order valence-corrected chi connectivity index (χ1v) is 9.22. The lowest BCUT2D eigenvalue weighted by atomic mass is 9.89. The van der Waals surface area contributed by atoms with Crippen LogP contribution in [0.15, 0.2) is 24.3 Å². The lowest BCUT2D eigenvalue weighted by molar-refractivity contribution is -0.118. The average Bonchev–Trinajstić information content (AvgIpc) is 2.93. The van der Waals surface area contributed by atoms with Crippen molar-refractivity contribution in [3.05, 3.63) is 29.8 Å². The summed E-state index contributed by atoms with van der Waals surface area (Å²) in [6, 6.07) is 7.99. The van der Waals surface area contributed by atoms with Crippen LogP contribution in [-0.4, -0.2) is 36.3 Å². The van der Waals surface area contributed by atoms with Crippen molar-refractivity contribution in [1.82, 2.24) is 10.6 Å². The first-order chi connectivity index (χ1) is 12.5. The number of piperidine rings is 1. The van der Waals surface area contributed by atoms with Crippen molar-refractivity contribution < 1.29 is 14.4 Å². The number of nitrogens with one attached hydrogen (secondary N) is 3. The molecule has 148 valence electrons. The Labute approximate surface area is 165 Å². The highest BCUT2D eigenvalue weighted by atomic mass is 35.5. The lowest BCUT2D eigenvalue weighted by Crippen LogP contribution is -2.39. The Balaban J connectivity index is 0.00000261. The van der Waals surface area contributed by atoms with E-state index in [1.807, 2.05) is 0 Å². The number of carbonyl (C=O) groups excluding carboxylic acids is 3. The Morgan fingerprint density at radius 2 is 1.78 bits per heavy atom. The molecule has 2 fully saturated rings. The molecule has 3 amide bonds. The van der Waals surface area contributed by atoms with E-state index in [4.69, 9.17) is 5.73 Å². The van der Waals surface area contributed by atoms with Gasteiger partial charge in [0.2, 0.25) is 11.8 Å². The van der Waals surface area contributed by atoms with Gasteiger partial charge in [-0.3, -0.25) is 14.4 Å². The smallest absolute Gasteiger partial charge is 0.253 e. The second kappa shape index (κ2) is 9.71. The van der Waals surface area contributed by atoms with Crippen molar-refractivity contribution in [2.75, 3.05) is 11.9 Å². The molecule has 2 unspecified atom stereocenters. The van der Waals surface area contributed by atoms with Crippen LogP contribution in [0.4, 0.5) is 5.69 Å². The highest BCUT2D eigenvalue weighted by Crippen LogP contribution is 2.32. The minimum Gasteiger partial charge on any atom is -0.370 e.